The zero-order valence-corrected chi connectivity index (χ0v) is 25.3. The molecule has 0 saturated heterocycles. The largest absolute Gasteiger partial charge is 0.492 e. The lowest BCUT2D eigenvalue weighted by Crippen LogP contribution is -2.34. The number of benzene rings is 2. The normalized spacial score (nSPS) is 11.4. The standard InChI is InChI=1S/C32H38N6O5/c1-31(2,3)27-20-28(36-29(39)35-22-9-13-25(14-10-22)42-26-8-7-17-33-21-26)38(37-27)23-11-15-24(16-12-23)41-19-18-34-30(40)43-32(4,5)6/h7-17,20-21H,18-19H2,1-6H3,(H,34,40)(H2,35,36,39). The minimum atomic E-state index is -0.559. The molecule has 11 nitrogen and oxygen atoms in total. The first kappa shape index (κ1) is 30.9. The number of ether oxygens (including phenoxy) is 3. The number of rotatable bonds is 9. The fourth-order valence-electron chi connectivity index (χ4n) is 3.78. The molecule has 2 aromatic carbocycles. The maximum Gasteiger partial charge on any atom is 0.407 e. The first-order valence-corrected chi connectivity index (χ1v) is 13.9. The van der Waals surface area contributed by atoms with E-state index >= 15 is 0 Å². The zero-order valence-electron chi connectivity index (χ0n) is 25.3. The summed E-state index contributed by atoms with van der Waals surface area (Å²) in [5, 5.41) is 13.2. The van der Waals surface area contributed by atoms with Crippen molar-refractivity contribution in [3.05, 3.63) is 84.8 Å². The van der Waals surface area contributed by atoms with Gasteiger partial charge in [0.15, 0.2) is 0 Å². The number of carbonyl (C=O) groups is 2. The number of carbonyl (C=O) groups excluding carboxylic acids is 2. The number of anilines is 2. The molecule has 0 aliphatic heterocycles. The van der Waals surface area contributed by atoms with Crippen LogP contribution in [0.5, 0.6) is 17.2 Å². The minimum Gasteiger partial charge on any atom is -0.492 e. The molecule has 3 N–H and O–H groups in total. The molecule has 2 heterocycles. The first-order chi connectivity index (χ1) is 20.4. The lowest BCUT2D eigenvalue weighted by Gasteiger charge is -2.19. The van der Waals surface area contributed by atoms with Crippen molar-refractivity contribution in [2.45, 2.75) is 52.6 Å². The summed E-state index contributed by atoms with van der Waals surface area (Å²) in [5.41, 5.74) is 1.35. The Morgan fingerprint density at radius 2 is 1.56 bits per heavy atom. The summed E-state index contributed by atoms with van der Waals surface area (Å²) in [4.78, 5) is 28.8. The molecule has 0 unspecified atom stereocenters. The van der Waals surface area contributed by atoms with Gasteiger partial charge in [-0.3, -0.25) is 10.3 Å². The van der Waals surface area contributed by atoms with E-state index < -0.39 is 17.7 Å². The van der Waals surface area contributed by atoms with Crippen LogP contribution in [0.15, 0.2) is 79.1 Å². The van der Waals surface area contributed by atoms with Crippen LogP contribution in [0.4, 0.5) is 21.1 Å². The average molecular weight is 587 g/mol. The number of hydrogen-bond donors (Lipinski definition) is 3. The molecule has 0 aliphatic rings. The highest BCUT2D eigenvalue weighted by molar-refractivity contribution is 5.99. The lowest BCUT2D eigenvalue weighted by molar-refractivity contribution is 0.0520. The Kier molecular flexibility index (Phi) is 9.54. The maximum absolute atomic E-state index is 13.0. The predicted molar refractivity (Wildman–Crippen MR) is 165 cm³/mol. The first-order valence-electron chi connectivity index (χ1n) is 13.9. The SMILES string of the molecule is CC(C)(C)OC(=O)NCCOc1ccc(-n2nc(C(C)(C)C)cc2NC(=O)Nc2ccc(Oc3cccnc3)cc2)cc1. The van der Waals surface area contributed by atoms with Crippen LogP contribution in [0.1, 0.15) is 47.2 Å². The van der Waals surface area contributed by atoms with Gasteiger partial charge in [0, 0.05) is 23.4 Å². The van der Waals surface area contributed by atoms with Crippen LogP contribution in [0.3, 0.4) is 0 Å². The van der Waals surface area contributed by atoms with Crippen molar-refractivity contribution in [3.63, 3.8) is 0 Å². The van der Waals surface area contributed by atoms with Crippen molar-refractivity contribution in [1.82, 2.24) is 20.1 Å². The number of pyridine rings is 1. The number of alkyl carbamates (subject to hydrolysis) is 1. The number of amides is 3. The molecule has 226 valence electrons. The van der Waals surface area contributed by atoms with E-state index in [2.05, 4.69) is 41.7 Å². The number of aromatic nitrogens is 3. The molecular formula is C32H38N6O5. The highest BCUT2D eigenvalue weighted by atomic mass is 16.6. The molecular weight excluding hydrogens is 548 g/mol. The van der Waals surface area contributed by atoms with Crippen molar-refractivity contribution in [3.8, 4) is 22.9 Å². The number of hydrogen-bond acceptors (Lipinski definition) is 7. The van der Waals surface area contributed by atoms with Crippen LogP contribution in [-0.2, 0) is 10.2 Å². The van der Waals surface area contributed by atoms with Crippen molar-refractivity contribution in [2.24, 2.45) is 0 Å². The van der Waals surface area contributed by atoms with E-state index in [0.29, 0.717) is 35.3 Å². The molecule has 2 aromatic heterocycles. The van der Waals surface area contributed by atoms with E-state index in [0.717, 1.165) is 11.4 Å². The molecule has 0 radical (unpaired) electrons. The molecule has 0 bridgehead atoms. The third kappa shape index (κ3) is 9.49. The second kappa shape index (κ2) is 13.3. The lowest BCUT2D eigenvalue weighted by atomic mass is 9.92. The summed E-state index contributed by atoms with van der Waals surface area (Å²) < 4.78 is 18.4. The molecule has 4 aromatic rings. The van der Waals surface area contributed by atoms with Gasteiger partial charge in [-0.1, -0.05) is 20.8 Å². The van der Waals surface area contributed by atoms with Crippen LogP contribution in [0.25, 0.3) is 5.69 Å². The van der Waals surface area contributed by atoms with Crippen LogP contribution in [0.2, 0.25) is 0 Å². The van der Waals surface area contributed by atoms with Gasteiger partial charge in [-0.25, -0.2) is 14.3 Å². The molecule has 0 saturated carbocycles. The zero-order chi connectivity index (χ0) is 31.0. The Hall–Kier alpha value is -5.06. The quantitative estimate of drug-likeness (QED) is 0.182. The maximum atomic E-state index is 13.0. The van der Waals surface area contributed by atoms with Gasteiger partial charge in [0.1, 0.15) is 35.3 Å². The van der Waals surface area contributed by atoms with E-state index in [1.165, 1.54) is 0 Å². The van der Waals surface area contributed by atoms with Crippen molar-refractivity contribution in [2.75, 3.05) is 23.8 Å². The van der Waals surface area contributed by atoms with Gasteiger partial charge < -0.3 is 24.8 Å². The topological polar surface area (TPSA) is 129 Å². The monoisotopic (exact) mass is 586 g/mol. The Morgan fingerprint density at radius 1 is 0.860 bits per heavy atom. The van der Waals surface area contributed by atoms with E-state index in [-0.39, 0.29) is 12.0 Å². The summed E-state index contributed by atoms with van der Waals surface area (Å²) in [7, 11) is 0. The van der Waals surface area contributed by atoms with Crippen molar-refractivity contribution < 1.29 is 23.8 Å². The van der Waals surface area contributed by atoms with Gasteiger partial charge in [0.2, 0.25) is 0 Å². The highest BCUT2D eigenvalue weighted by Gasteiger charge is 2.22. The molecule has 0 atom stereocenters. The number of nitrogens with zero attached hydrogens (tertiary/aromatic N) is 3. The van der Waals surface area contributed by atoms with Crippen LogP contribution >= 0.6 is 0 Å². The summed E-state index contributed by atoms with van der Waals surface area (Å²) in [6.07, 6.45) is 2.81. The minimum absolute atomic E-state index is 0.244. The Bertz CT molecular complexity index is 1510. The summed E-state index contributed by atoms with van der Waals surface area (Å²) >= 11 is 0. The van der Waals surface area contributed by atoms with Gasteiger partial charge in [0.05, 0.1) is 24.1 Å². The molecule has 11 heteroatoms. The highest BCUT2D eigenvalue weighted by Crippen LogP contribution is 2.28. The number of nitrogens with one attached hydrogen (secondary N) is 3. The van der Waals surface area contributed by atoms with Crippen LogP contribution < -0.4 is 25.4 Å². The number of urea groups is 1. The van der Waals surface area contributed by atoms with Gasteiger partial charge >= 0.3 is 12.1 Å². The molecule has 4 rings (SSSR count). The van der Waals surface area contributed by atoms with Crippen molar-refractivity contribution in [1.29, 1.82) is 0 Å². The molecule has 3 amide bonds. The summed E-state index contributed by atoms with van der Waals surface area (Å²) in [6, 6.07) is 19.4. The Morgan fingerprint density at radius 3 is 2.19 bits per heavy atom. The summed E-state index contributed by atoms with van der Waals surface area (Å²) in [5.74, 6) is 2.38. The Balaban J connectivity index is 1.38. The van der Waals surface area contributed by atoms with Crippen LogP contribution in [0, 0.1) is 0 Å². The van der Waals surface area contributed by atoms with Gasteiger partial charge in [-0.2, -0.15) is 5.10 Å². The smallest absolute Gasteiger partial charge is 0.407 e. The average Bonchev–Trinajstić information content (AvgIpc) is 3.36. The van der Waals surface area contributed by atoms with Crippen molar-refractivity contribution >= 4 is 23.6 Å². The second-order valence-corrected chi connectivity index (χ2v) is 11.7. The fourth-order valence-corrected chi connectivity index (χ4v) is 3.78. The van der Waals surface area contributed by atoms with E-state index in [1.807, 2.05) is 45.0 Å². The molecule has 0 fully saturated rings. The predicted octanol–water partition coefficient (Wildman–Crippen LogP) is 6.90. The van der Waals surface area contributed by atoms with Crippen LogP contribution in [-0.4, -0.2) is 45.6 Å². The van der Waals surface area contributed by atoms with E-state index in [9.17, 15) is 9.59 Å². The second-order valence-electron chi connectivity index (χ2n) is 11.7. The third-order valence-corrected chi connectivity index (χ3v) is 5.82. The molecule has 0 spiro atoms. The summed E-state index contributed by atoms with van der Waals surface area (Å²) in [6.45, 7) is 12.2. The van der Waals surface area contributed by atoms with E-state index in [4.69, 9.17) is 19.3 Å². The molecule has 0 aliphatic carbocycles. The Labute approximate surface area is 251 Å². The van der Waals surface area contributed by atoms with Gasteiger partial charge in [-0.05, 0) is 81.4 Å². The van der Waals surface area contributed by atoms with Gasteiger partial charge in [0.25, 0.3) is 0 Å². The fraction of sp³-hybridized carbons (Fsp3) is 0.312. The third-order valence-electron chi connectivity index (χ3n) is 5.82. The van der Waals surface area contributed by atoms with Gasteiger partial charge in [-0.15, -0.1) is 0 Å². The molecule has 43 heavy (non-hydrogen) atoms. The van der Waals surface area contributed by atoms with E-state index in [1.54, 1.807) is 59.5 Å².